The van der Waals surface area contributed by atoms with Crippen molar-refractivity contribution in [2.45, 2.75) is 0 Å². The van der Waals surface area contributed by atoms with Crippen molar-refractivity contribution in [3.05, 3.63) is 188 Å². The predicted octanol–water partition coefficient (Wildman–Crippen LogP) is 12.5. The Morgan fingerprint density at radius 3 is 1.71 bits per heavy atom. The molecule has 0 bridgehead atoms. The summed E-state index contributed by atoms with van der Waals surface area (Å²) in [4.78, 5) is 20.2. The van der Waals surface area contributed by atoms with E-state index in [2.05, 4.69) is 129 Å². The van der Waals surface area contributed by atoms with Gasteiger partial charge in [-0.2, -0.15) is 9.97 Å². The van der Waals surface area contributed by atoms with Gasteiger partial charge in [-0.25, -0.2) is 9.97 Å². The lowest BCUT2D eigenvalue weighted by Crippen LogP contribution is -2.06. The molecule has 0 saturated carbocycles. The molecule has 0 unspecified atom stereocenters. The van der Waals surface area contributed by atoms with E-state index in [0.29, 0.717) is 17.6 Å². The summed E-state index contributed by atoms with van der Waals surface area (Å²) in [6, 6.07) is 64.1. The van der Waals surface area contributed by atoms with Crippen LogP contribution < -0.4 is 0 Å². The lowest BCUT2D eigenvalue weighted by molar-refractivity contribution is 0.953. The summed E-state index contributed by atoms with van der Waals surface area (Å²) >= 11 is 0. The third kappa shape index (κ3) is 4.58. The zero-order valence-electron chi connectivity index (χ0n) is 31.5. The minimum Gasteiger partial charge on any atom is -0.307 e. The number of fused-ring (bicyclic) bond motifs is 7. The Morgan fingerprint density at radius 2 is 0.983 bits per heavy atom. The summed E-state index contributed by atoms with van der Waals surface area (Å²) in [5.41, 5.74) is 9.55. The SMILES string of the molecule is c1ccc(-c2nc(-c3ccccc3)nc(-n3c4ccccc4c4cc(-n5c6cccc7ccc8cc9c%10ccccc%10n(-c%10ccccn%10)c9c5c8c76)ccc43)n2)cc1. The Morgan fingerprint density at radius 1 is 0.356 bits per heavy atom. The number of pyridine rings is 1. The van der Waals surface area contributed by atoms with Gasteiger partial charge in [-0.1, -0.05) is 127 Å². The van der Waals surface area contributed by atoms with Crippen LogP contribution in [0.15, 0.2) is 188 Å². The van der Waals surface area contributed by atoms with Gasteiger partial charge in [0.15, 0.2) is 11.6 Å². The zero-order valence-corrected chi connectivity index (χ0v) is 31.5. The minimum atomic E-state index is 0.571. The van der Waals surface area contributed by atoms with E-state index in [9.17, 15) is 0 Å². The minimum absolute atomic E-state index is 0.571. The lowest BCUT2D eigenvalue weighted by atomic mass is 10.00. The molecule has 274 valence electrons. The van der Waals surface area contributed by atoms with Crippen molar-refractivity contribution in [2.24, 2.45) is 0 Å². The molecule has 0 radical (unpaired) electrons. The monoisotopic (exact) mass is 753 g/mol. The smallest absolute Gasteiger partial charge is 0.238 e. The van der Waals surface area contributed by atoms with Gasteiger partial charge < -0.3 is 4.57 Å². The Hall–Kier alpha value is -8.16. The zero-order chi connectivity index (χ0) is 38.6. The molecule has 0 aliphatic carbocycles. The Balaban J connectivity index is 1.14. The van der Waals surface area contributed by atoms with E-state index in [4.69, 9.17) is 19.9 Å². The normalized spacial score (nSPS) is 12.1. The molecule has 0 amide bonds. The summed E-state index contributed by atoms with van der Waals surface area (Å²) < 4.78 is 7.00. The number of para-hydroxylation sites is 2. The fourth-order valence-corrected chi connectivity index (χ4v) is 9.40. The van der Waals surface area contributed by atoms with E-state index in [0.717, 1.165) is 66.5 Å². The Bertz CT molecular complexity index is 3710. The van der Waals surface area contributed by atoms with Gasteiger partial charge in [0.25, 0.3) is 0 Å². The molecule has 0 aliphatic heterocycles. The number of hydrogen-bond donors (Lipinski definition) is 0. The summed E-state index contributed by atoms with van der Waals surface area (Å²) in [5, 5.41) is 9.56. The van der Waals surface area contributed by atoms with Gasteiger partial charge in [-0.3, -0.25) is 9.13 Å². The number of rotatable bonds is 5. The largest absolute Gasteiger partial charge is 0.307 e. The standard InChI is InChI=1S/C52H31N7/c1-3-14-33(15-4-1)50-54-51(34-16-5-2-6-17-34)56-52(55-50)58-41-21-9-7-19-37(41)39-31-36(27-28-43(39)58)57-44-23-13-18-32-25-26-35-30-40-38-20-8-10-22-42(38)59(45-24-11-12-29-53-45)48(40)49(57)47(35)46(32)44/h1-31H. The molecule has 7 heteroatoms. The van der Waals surface area contributed by atoms with Crippen LogP contribution in [0.25, 0.3) is 116 Å². The van der Waals surface area contributed by atoms with E-state index in [1.165, 1.54) is 32.3 Å². The summed E-state index contributed by atoms with van der Waals surface area (Å²) in [6.07, 6.45) is 1.88. The molecule has 0 fully saturated rings. The first-order valence-corrected chi connectivity index (χ1v) is 19.8. The van der Waals surface area contributed by atoms with E-state index in [1.54, 1.807) is 0 Å². The molecule has 0 aliphatic rings. The maximum Gasteiger partial charge on any atom is 0.238 e. The third-order valence-corrected chi connectivity index (χ3v) is 11.9. The van der Waals surface area contributed by atoms with E-state index in [1.807, 2.05) is 72.9 Å². The van der Waals surface area contributed by atoms with E-state index in [-0.39, 0.29) is 0 Å². The highest BCUT2D eigenvalue weighted by atomic mass is 15.2. The van der Waals surface area contributed by atoms with Gasteiger partial charge in [-0.05, 0) is 65.4 Å². The molecule has 0 atom stereocenters. The number of hydrogen-bond acceptors (Lipinski definition) is 4. The fourth-order valence-electron chi connectivity index (χ4n) is 9.40. The second-order valence-electron chi connectivity index (χ2n) is 15.1. The molecule has 13 rings (SSSR count). The van der Waals surface area contributed by atoms with E-state index >= 15 is 0 Å². The summed E-state index contributed by atoms with van der Waals surface area (Å²) in [5.74, 6) is 2.71. The van der Waals surface area contributed by atoms with Crippen molar-refractivity contribution in [2.75, 3.05) is 0 Å². The maximum absolute atomic E-state index is 5.17. The summed E-state index contributed by atoms with van der Waals surface area (Å²) in [6.45, 7) is 0. The quantitative estimate of drug-likeness (QED) is 0.164. The van der Waals surface area contributed by atoms with Crippen molar-refractivity contribution in [1.29, 1.82) is 0 Å². The van der Waals surface area contributed by atoms with Crippen LogP contribution in [-0.2, 0) is 0 Å². The van der Waals surface area contributed by atoms with Crippen molar-refractivity contribution in [3.8, 4) is 40.2 Å². The van der Waals surface area contributed by atoms with Crippen molar-refractivity contribution < 1.29 is 0 Å². The van der Waals surface area contributed by atoms with Crippen LogP contribution in [0.5, 0.6) is 0 Å². The molecule has 59 heavy (non-hydrogen) atoms. The second-order valence-corrected chi connectivity index (χ2v) is 15.1. The highest BCUT2D eigenvalue weighted by Gasteiger charge is 2.25. The molecule has 5 aromatic heterocycles. The lowest BCUT2D eigenvalue weighted by Gasteiger charge is -2.13. The molecule has 5 heterocycles. The molecule has 7 nitrogen and oxygen atoms in total. The van der Waals surface area contributed by atoms with Crippen LogP contribution in [0.3, 0.4) is 0 Å². The van der Waals surface area contributed by atoms with Crippen LogP contribution >= 0.6 is 0 Å². The molecule has 8 aromatic carbocycles. The van der Waals surface area contributed by atoms with Crippen LogP contribution in [-0.4, -0.2) is 33.6 Å². The van der Waals surface area contributed by atoms with Crippen molar-refractivity contribution >= 4 is 76.2 Å². The average Bonchev–Trinajstić information content (AvgIpc) is 3.95. The molecule has 0 N–H and O–H groups in total. The number of aromatic nitrogens is 7. The van der Waals surface area contributed by atoms with Crippen LogP contribution in [0.2, 0.25) is 0 Å². The van der Waals surface area contributed by atoms with Gasteiger partial charge >= 0.3 is 0 Å². The van der Waals surface area contributed by atoms with Gasteiger partial charge in [0.05, 0.1) is 33.1 Å². The van der Waals surface area contributed by atoms with Gasteiger partial charge in [-0.15, -0.1) is 0 Å². The fraction of sp³-hybridized carbons (Fsp3) is 0. The number of nitrogens with zero attached hydrogens (tertiary/aromatic N) is 7. The van der Waals surface area contributed by atoms with Crippen molar-refractivity contribution in [1.82, 2.24) is 33.6 Å². The predicted molar refractivity (Wildman–Crippen MR) is 240 cm³/mol. The van der Waals surface area contributed by atoms with E-state index < -0.39 is 0 Å². The van der Waals surface area contributed by atoms with Gasteiger partial charge in [0.2, 0.25) is 5.95 Å². The topological polar surface area (TPSA) is 66.3 Å². The number of benzene rings is 8. The highest BCUT2D eigenvalue weighted by molar-refractivity contribution is 6.32. The molecular weight excluding hydrogens is 723 g/mol. The Labute approximate surface area is 337 Å². The first-order chi connectivity index (χ1) is 29.3. The second kappa shape index (κ2) is 12.2. The Kier molecular flexibility index (Phi) is 6.60. The van der Waals surface area contributed by atoms with Crippen LogP contribution in [0.4, 0.5) is 0 Å². The maximum atomic E-state index is 5.17. The van der Waals surface area contributed by atoms with Crippen LogP contribution in [0.1, 0.15) is 0 Å². The van der Waals surface area contributed by atoms with Crippen molar-refractivity contribution in [3.63, 3.8) is 0 Å². The highest BCUT2D eigenvalue weighted by Crippen LogP contribution is 2.46. The molecule has 13 aromatic rings. The molecule has 0 saturated heterocycles. The third-order valence-electron chi connectivity index (χ3n) is 11.9. The molecule has 0 spiro atoms. The first kappa shape index (κ1) is 32.0. The summed E-state index contributed by atoms with van der Waals surface area (Å²) in [7, 11) is 0. The average molecular weight is 754 g/mol. The van der Waals surface area contributed by atoms with Crippen LogP contribution in [0, 0.1) is 0 Å². The first-order valence-electron chi connectivity index (χ1n) is 19.8. The molecular formula is C52H31N7. The van der Waals surface area contributed by atoms with Gasteiger partial charge in [0, 0.05) is 55.3 Å². The van der Waals surface area contributed by atoms with Gasteiger partial charge in [0.1, 0.15) is 5.82 Å².